The van der Waals surface area contributed by atoms with Gasteiger partial charge in [0.1, 0.15) is 5.76 Å². The number of rotatable bonds is 10. The van der Waals surface area contributed by atoms with Gasteiger partial charge in [0.2, 0.25) is 0 Å². The Morgan fingerprint density at radius 2 is 2.29 bits per heavy atom. The molecule has 1 aliphatic heterocycles. The van der Waals surface area contributed by atoms with E-state index in [-0.39, 0.29) is 24.0 Å². The van der Waals surface area contributed by atoms with Crippen LogP contribution in [0.15, 0.2) is 45.3 Å². The number of nitrogens with zero attached hydrogens (tertiary/aromatic N) is 2. The fraction of sp³-hybridized carbons (Fsp3) is 0.550. The summed E-state index contributed by atoms with van der Waals surface area (Å²) >= 11 is 1.75. The van der Waals surface area contributed by atoms with Gasteiger partial charge >= 0.3 is 0 Å². The average molecular weight is 519 g/mol. The van der Waals surface area contributed by atoms with Crippen LogP contribution in [0.25, 0.3) is 0 Å². The molecular weight excluding hydrogens is 489 g/mol. The molecule has 2 aromatic heterocycles. The summed E-state index contributed by atoms with van der Waals surface area (Å²) in [6, 6.07) is 8.14. The highest BCUT2D eigenvalue weighted by molar-refractivity contribution is 14.0. The van der Waals surface area contributed by atoms with E-state index in [4.69, 9.17) is 18.9 Å². The zero-order chi connectivity index (χ0) is 18.7. The van der Waals surface area contributed by atoms with Crippen LogP contribution in [0.1, 0.15) is 17.1 Å². The van der Waals surface area contributed by atoms with E-state index in [2.05, 4.69) is 27.7 Å². The number of halogens is 1. The van der Waals surface area contributed by atoms with Gasteiger partial charge in [0.05, 0.1) is 32.6 Å². The van der Waals surface area contributed by atoms with Crippen molar-refractivity contribution in [2.75, 3.05) is 46.6 Å². The van der Waals surface area contributed by atoms with Crippen LogP contribution in [0.2, 0.25) is 0 Å². The Bertz CT molecular complexity index is 664. The Balaban J connectivity index is 0.00000280. The van der Waals surface area contributed by atoms with Gasteiger partial charge in [-0.1, -0.05) is 6.07 Å². The molecule has 156 valence electrons. The van der Waals surface area contributed by atoms with Crippen LogP contribution in [0.5, 0.6) is 0 Å². The van der Waals surface area contributed by atoms with Crippen LogP contribution in [0, 0.1) is 5.92 Å². The minimum absolute atomic E-state index is 0. The fourth-order valence-electron chi connectivity index (χ4n) is 3.13. The number of guanidine groups is 1. The number of aliphatic imine (C=N–C) groups is 1. The molecule has 0 bridgehead atoms. The van der Waals surface area contributed by atoms with Gasteiger partial charge in [-0.15, -0.1) is 35.3 Å². The van der Waals surface area contributed by atoms with Crippen molar-refractivity contribution >= 4 is 41.3 Å². The zero-order valence-electron chi connectivity index (χ0n) is 16.3. The van der Waals surface area contributed by atoms with Crippen LogP contribution in [-0.2, 0) is 22.4 Å². The first-order valence-electron chi connectivity index (χ1n) is 9.50. The van der Waals surface area contributed by atoms with Gasteiger partial charge in [-0.25, -0.2) is 4.99 Å². The highest BCUT2D eigenvalue weighted by Crippen LogP contribution is 2.17. The number of hydrogen-bond donors (Lipinski definition) is 1. The van der Waals surface area contributed by atoms with Gasteiger partial charge in [0, 0.05) is 44.0 Å². The van der Waals surface area contributed by atoms with Crippen molar-refractivity contribution < 1.29 is 13.9 Å². The topological polar surface area (TPSA) is 59.2 Å². The molecule has 1 N–H and O–H groups in total. The number of furan rings is 1. The maximum Gasteiger partial charge on any atom is 0.194 e. The number of thiophene rings is 1. The Labute approximate surface area is 188 Å². The summed E-state index contributed by atoms with van der Waals surface area (Å²) < 4.78 is 16.2. The summed E-state index contributed by atoms with van der Waals surface area (Å²) in [5.74, 6) is 2.51. The lowest BCUT2D eigenvalue weighted by Gasteiger charge is -2.22. The van der Waals surface area contributed by atoms with Crippen molar-refractivity contribution in [3.8, 4) is 0 Å². The van der Waals surface area contributed by atoms with Crippen LogP contribution >= 0.6 is 35.3 Å². The molecule has 1 unspecified atom stereocenters. The molecule has 1 atom stereocenters. The molecule has 0 spiro atoms. The number of hydrogen-bond acceptors (Lipinski definition) is 5. The summed E-state index contributed by atoms with van der Waals surface area (Å²) in [6.45, 7) is 5.60. The van der Waals surface area contributed by atoms with E-state index in [1.54, 1.807) is 24.7 Å². The molecule has 8 heteroatoms. The molecule has 3 rings (SSSR count). The lowest BCUT2D eigenvalue weighted by Crippen LogP contribution is -2.41. The standard InChI is InChI=1S/C20H29N3O3S.HI/c1-24-11-12-25-16-17-7-9-23(15-17)20(22-14-19-5-3-13-27-19)21-8-6-18-4-2-10-26-18;/h2-5,10,13,17H,6-9,11-12,14-16H2,1H3,(H,21,22);1H. The van der Waals surface area contributed by atoms with Crippen molar-refractivity contribution in [3.63, 3.8) is 0 Å². The number of likely N-dealkylation sites (tertiary alicyclic amines) is 1. The molecule has 0 saturated carbocycles. The van der Waals surface area contributed by atoms with E-state index in [9.17, 15) is 0 Å². The van der Waals surface area contributed by atoms with E-state index in [0.29, 0.717) is 25.7 Å². The van der Waals surface area contributed by atoms with Gasteiger partial charge in [0.25, 0.3) is 0 Å². The fourth-order valence-corrected chi connectivity index (χ4v) is 3.76. The lowest BCUT2D eigenvalue weighted by atomic mass is 10.1. The SMILES string of the molecule is COCCOCC1CCN(C(=NCc2cccs2)NCCc2ccco2)C1.I. The molecule has 1 saturated heterocycles. The molecular formula is C20H30IN3O3S. The molecule has 0 amide bonds. The highest BCUT2D eigenvalue weighted by Gasteiger charge is 2.25. The molecule has 6 nitrogen and oxygen atoms in total. The maximum atomic E-state index is 5.71. The maximum absolute atomic E-state index is 5.71. The van der Waals surface area contributed by atoms with Gasteiger partial charge in [-0.3, -0.25) is 0 Å². The summed E-state index contributed by atoms with van der Waals surface area (Å²) in [7, 11) is 1.70. The number of nitrogens with one attached hydrogen (secondary N) is 1. The van der Waals surface area contributed by atoms with E-state index in [0.717, 1.165) is 50.8 Å². The largest absolute Gasteiger partial charge is 0.469 e. The van der Waals surface area contributed by atoms with Crippen molar-refractivity contribution in [2.45, 2.75) is 19.4 Å². The molecule has 0 aliphatic carbocycles. The third-order valence-electron chi connectivity index (χ3n) is 4.57. The third kappa shape index (κ3) is 7.73. The molecule has 1 fully saturated rings. The van der Waals surface area contributed by atoms with Crippen LogP contribution in [0.4, 0.5) is 0 Å². The van der Waals surface area contributed by atoms with E-state index in [1.807, 2.05) is 12.1 Å². The first-order valence-corrected chi connectivity index (χ1v) is 10.4. The second kappa shape index (κ2) is 13.2. The lowest BCUT2D eigenvalue weighted by molar-refractivity contribution is 0.0536. The van der Waals surface area contributed by atoms with Gasteiger partial charge in [-0.2, -0.15) is 0 Å². The summed E-state index contributed by atoms with van der Waals surface area (Å²) in [5, 5.41) is 5.61. The number of ether oxygens (including phenoxy) is 2. The van der Waals surface area contributed by atoms with Gasteiger partial charge in [0.15, 0.2) is 5.96 Å². The number of methoxy groups -OCH3 is 1. The summed E-state index contributed by atoms with van der Waals surface area (Å²) in [5.41, 5.74) is 0. The van der Waals surface area contributed by atoms with Crippen molar-refractivity contribution in [2.24, 2.45) is 10.9 Å². The normalized spacial score (nSPS) is 17.0. The second-order valence-electron chi connectivity index (χ2n) is 6.64. The first-order chi connectivity index (χ1) is 13.3. The predicted molar refractivity (Wildman–Crippen MR) is 124 cm³/mol. The minimum atomic E-state index is 0. The molecule has 28 heavy (non-hydrogen) atoms. The summed E-state index contributed by atoms with van der Waals surface area (Å²) in [6.07, 6.45) is 3.70. The Morgan fingerprint density at radius 1 is 1.36 bits per heavy atom. The minimum Gasteiger partial charge on any atom is -0.469 e. The van der Waals surface area contributed by atoms with Crippen molar-refractivity contribution in [1.82, 2.24) is 10.2 Å². The van der Waals surface area contributed by atoms with E-state index in [1.165, 1.54) is 4.88 Å². The Kier molecular flexibility index (Phi) is 10.9. The van der Waals surface area contributed by atoms with Crippen LogP contribution in [0.3, 0.4) is 0 Å². The van der Waals surface area contributed by atoms with Crippen LogP contribution < -0.4 is 5.32 Å². The second-order valence-corrected chi connectivity index (χ2v) is 7.68. The average Bonchev–Trinajstić information content (AvgIpc) is 3.44. The van der Waals surface area contributed by atoms with E-state index < -0.39 is 0 Å². The monoisotopic (exact) mass is 519 g/mol. The van der Waals surface area contributed by atoms with E-state index >= 15 is 0 Å². The Hall–Kier alpha value is -1.10. The van der Waals surface area contributed by atoms with Crippen LogP contribution in [-0.4, -0.2) is 57.4 Å². The van der Waals surface area contributed by atoms with Gasteiger partial charge in [-0.05, 0) is 30.0 Å². The van der Waals surface area contributed by atoms with Crippen molar-refractivity contribution in [1.29, 1.82) is 0 Å². The first kappa shape index (κ1) is 23.2. The molecule has 0 aromatic carbocycles. The summed E-state index contributed by atoms with van der Waals surface area (Å²) in [4.78, 5) is 8.49. The zero-order valence-corrected chi connectivity index (χ0v) is 19.5. The van der Waals surface area contributed by atoms with Gasteiger partial charge < -0.3 is 24.1 Å². The highest BCUT2D eigenvalue weighted by atomic mass is 127. The molecule has 0 radical (unpaired) electrons. The quantitative estimate of drug-likeness (QED) is 0.225. The third-order valence-corrected chi connectivity index (χ3v) is 5.43. The Morgan fingerprint density at radius 3 is 3.04 bits per heavy atom. The molecule has 3 heterocycles. The molecule has 1 aliphatic rings. The molecule has 2 aromatic rings. The van der Waals surface area contributed by atoms with Crippen molar-refractivity contribution in [3.05, 3.63) is 46.5 Å². The predicted octanol–water partition coefficient (Wildman–Crippen LogP) is 3.63. The smallest absolute Gasteiger partial charge is 0.194 e.